The average molecular weight is 186 g/mol. The third kappa shape index (κ3) is 0.927. The first-order valence-electron chi connectivity index (χ1n) is 5.32. The zero-order valence-electron chi connectivity index (χ0n) is 8.42. The molecule has 14 heavy (non-hydrogen) atoms. The van der Waals surface area contributed by atoms with E-state index in [0.29, 0.717) is 11.7 Å². The van der Waals surface area contributed by atoms with Gasteiger partial charge >= 0.3 is 0 Å². The number of carbonyl (C=O) groups is 1. The van der Waals surface area contributed by atoms with Crippen molar-refractivity contribution in [2.24, 2.45) is 5.92 Å². The summed E-state index contributed by atoms with van der Waals surface area (Å²) in [7, 11) is 0. The molecule has 0 aromatic heterocycles. The van der Waals surface area contributed by atoms with Crippen LogP contribution in [0, 0.1) is 12.8 Å². The first kappa shape index (κ1) is 8.22. The van der Waals surface area contributed by atoms with Gasteiger partial charge in [-0.25, -0.2) is 0 Å². The van der Waals surface area contributed by atoms with Crippen LogP contribution in [0.2, 0.25) is 0 Å². The maximum atomic E-state index is 11.5. The third-order valence-electron chi connectivity index (χ3n) is 3.91. The van der Waals surface area contributed by atoms with Crippen molar-refractivity contribution in [3.05, 3.63) is 35.4 Å². The minimum Gasteiger partial charge on any atom is -0.299 e. The summed E-state index contributed by atoms with van der Waals surface area (Å²) in [4.78, 5) is 11.5. The number of hydrogen-bond donors (Lipinski definition) is 0. The molecule has 1 aromatic carbocycles. The molecule has 0 saturated heterocycles. The Kier molecular flexibility index (Phi) is 1.45. The van der Waals surface area contributed by atoms with E-state index in [-0.39, 0.29) is 5.41 Å². The van der Waals surface area contributed by atoms with Gasteiger partial charge in [-0.15, -0.1) is 0 Å². The molecule has 2 aliphatic carbocycles. The van der Waals surface area contributed by atoms with Gasteiger partial charge in [0.1, 0.15) is 5.78 Å². The Balaban J connectivity index is 1.98. The summed E-state index contributed by atoms with van der Waals surface area (Å²) in [5.74, 6) is 0.857. The van der Waals surface area contributed by atoms with Crippen LogP contribution >= 0.6 is 0 Å². The van der Waals surface area contributed by atoms with Crippen LogP contribution in [-0.2, 0) is 10.2 Å². The molecule has 0 heterocycles. The quantitative estimate of drug-likeness (QED) is 0.659. The molecule has 1 heteroatoms. The van der Waals surface area contributed by atoms with Gasteiger partial charge in [-0.1, -0.05) is 29.8 Å². The van der Waals surface area contributed by atoms with Crippen molar-refractivity contribution in [3.63, 3.8) is 0 Å². The average Bonchev–Trinajstić information content (AvgIpc) is 2.84. The van der Waals surface area contributed by atoms with E-state index in [4.69, 9.17) is 0 Å². The zero-order valence-corrected chi connectivity index (χ0v) is 8.42. The lowest BCUT2D eigenvalue weighted by Crippen LogP contribution is -2.04. The van der Waals surface area contributed by atoms with Crippen molar-refractivity contribution in [2.45, 2.75) is 31.6 Å². The van der Waals surface area contributed by atoms with Gasteiger partial charge in [0.05, 0.1) is 0 Å². The number of rotatable bonds is 1. The van der Waals surface area contributed by atoms with Crippen molar-refractivity contribution in [1.29, 1.82) is 0 Å². The number of hydrogen-bond acceptors (Lipinski definition) is 1. The van der Waals surface area contributed by atoms with Crippen LogP contribution in [0.15, 0.2) is 24.3 Å². The molecule has 0 spiro atoms. The summed E-state index contributed by atoms with van der Waals surface area (Å²) in [6.45, 7) is 2.10. The van der Waals surface area contributed by atoms with Crippen LogP contribution in [0.3, 0.4) is 0 Å². The summed E-state index contributed by atoms with van der Waals surface area (Å²) < 4.78 is 0. The normalized spacial score (nSPS) is 34.4. The fourth-order valence-corrected chi connectivity index (χ4v) is 2.87. The van der Waals surface area contributed by atoms with Crippen LogP contribution < -0.4 is 0 Å². The summed E-state index contributed by atoms with van der Waals surface area (Å²) in [6, 6.07) is 8.71. The molecular weight excluding hydrogens is 172 g/mol. The van der Waals surface area contributed by atoms with E-state index in [0.717, 1.165) is 19.3 Å². The van der Waals surface area contributed by atoms with Crippen LogP contribution in [0.5, 0.6) is 0 Å². The van der Waals surface area contributed by atoms with Crippen molar-refractivity contribution in [2.75, 3.05) is 0 Å². The van der Waals surface area contributed by atoms with Gasteiger partial charge in [0.25, 0.3) is 0 Å². The van der Waals surface area contributed by atoms with E-state index in [2.05, 4.69) is 31.2 Å². The molecule has 0 bridgehead atoms. The molecule has 2 unspecified atom stereocenters. The van der Waals surface area contributed by atoms with E-state index < -0.39 is 0 Å². The Hall–Kier alpha value is -1.11. The van der Waals surface area contributed by atoms with Gasteiger partial charge in [-0.05, 0) is 25.3 Å². The van der Waals surface area contributed by atoms with E-state index in [1.54, 1.807) is 0 Å². The van der Waals surface area contributed by atoms with Gasteiger partial charge in [-0.3, -0.25) is 4.79 Å². The Morgan fingerprint density at radius 2 is 2.00 bits per heavy atom. The standard InChI is InChI=1S/C13H14O/c1-9-2-4-10(5-3-9)13-7-6-12(14)11(13)8-13/h2-5,11H,6-8H2,1H3. The molecule has 0 radical (unpaired) electrons. The molecule has 2 aliphatic rings. The second-order valence-corrected chi connectivity index (χ2v) is 4.75. The molecule has 0 amide bonds. The number of benzene rings is 1. The van der Waals surface area contributed by atoms with Crippen LogP contribution in [-0.4, -0.2) is 5.78 Å². The fraction of sp³-hybridized carbons (Fsp3) is 0.462. The fourth-order valence-electron chi connectivity index (χ4n) is 2.87. The van der Waals surface area contributed by atoms with Crippen LogP contribution in [0.1, 0.15) is 30.4 Å². The number of aryl methyl sites for hydroxylation is 1. The predicted octanol–water partition coefficient (Wildman–Crippen LogP) is 2.62. The largest absolute Gasteiger partial charge is 0.299 e. The summed E-state index contributed by atoms with van der Waals surface area (Å²) in [6.07, 6.45) is 2.99. The van der Waals surface area contributed by atoms with Crippen molar-refractivity contribution in [3.8, 4) is 0 Å². The van der Waals surface area contributed by atoms with E-state index in [1.165, 1.54) is 11.1 Å². The zero-order chi connectivity index (χ0) is 9.76. The lowest BCUT2D eigenvalue weighted by atomic mass is 9.93. The molecule has 1 aromatic rings. The van der Waals surface area contributed by atoms with Gasteiger partial charge in [0.15, 0.2) is 0 Å². The molecular formula is C13H14O. The van der Waals surface area contributed by atoms with Crippen molar-refractivity contribution < 1.29 is 4.79 Å². The maximum Gasteiger partial charge on any atom is 0.136 e. The summed E-state index contributed by atoms with van der Waals surface area (Å²) in [5.41, 5.74) is 2.95. The molecule has 2 atom stereocenters. The first-order chi connectivity index (χ1) is 6.72. The smallest absolute Gasteiger partial charge is 0.136 e. The highest BCUT2D eigenvalue weighted by molar-refractivity contribution is 5.89. The predicted molar refractivity (Wildman–Crippen MR) is 55.2 cm³/mol. The lowest BCUT2D eigenvalue weighted by molar-refractivity contribution is -0.119. The van der Waals surface area contributed by atoms with Crippen molar-refractivity contribution >= 4 is 5.78 Å². The maximum absolute atomic E-state index is 11.5. The molecule has 3 rings (SSSR count). The minimum absolute atomic E-state index is 0.269. The molecule has 2 saturated carbocycles. The van der Waals surface area contributed by atoms with E-state index in [9.17, 15) is 4.79 Å². The topological polar surface area (TPSA) is 17.1 Å². The molecule has 0 N–H and O–H groups in total. The van der Waals surface area contributed by atoms with Crippen LogP contribution in [0.25, 0.3) is 0 Å². The Bertz CT molecular complexity index is 390. The molecule has 1 nitrogen and oxygen atoms in total. The molecule has 2 fully saturated rings. The minimum atomic E-state index is 0.269. The number of carbonyl (C=O) groups excluding carboxylic acids is 1. The Labute approximate surface area is 84.1 Å². The Morgan fingerprint density at radius 1 is 1.29 bits per heavy atom. The monoisotopic (exact) mass is 186 g/mol. The summed E-state index contributed by atoms with van der Waals surface area (Å²) >= 11 is 0. The highest BCUT2D eigenvalue weighted by Gasteiger charge is 2.62. The van der Waals surface area contributed by atoms with Gasteiger partial charge in [-0.2, -0.15) is 0 Å². The van der Waals surface area contributed by atoms with Gasteiger partial charge in [0, 0.05) is 17.8 Å². The third-order valence-corrected chi connectivity index (χ3v) is 3.91. The SMILES string of the molecule is Cc1ccc(C23CCC(=O)C2C3)cc1. The first-order valence-corrected chi connectivity index (χ1v) is 5.32. The molecule has 0 aliphatic heterocycles. The number of Topliss-reactive ketones (excluding diaryl/α,β-unsaturated/α-hetero) is 1. The lowest BCUT2D eigenvalue weighted by Gasteiger charge is -2.11. The van der Waals surface area contributed by atoms with E-state index >= 15 is 0 Å². The second-order valence-electron chi connectivity index (χ2n) is 4.75. The van der Waals surface area contributed by atoms with Gasteiger partial charge in [0.2, 0.25) is 0 Å². The highest BCUT2D eigenvalue weighted by Crippen LogP contribution is 2.62. The number of ketones is 1. The van der Waals surface area contributed by atoms with Gasteiger partial charge < -0.3 is 0 Å². The summed E-state index contributed by atoms with van der Waals surface area (Å²) in [5, 5.41) is 0. The molecule has 72 valence electrons. The number of fused-ring (bicyclic) bond motifs is 1. The van der Waals surface area contributed by atoms with E-state index in [1.807, 2.05) is 0 Å². The highest BCUT2D eigenvalue weighted by atomic mass is 16.1. The second kappa shape index (κ2) is 2.47. The van der Waals surface area contributed by atoms with Crippen LogP contribution in [0.4, 0.5) is 0 Å². The Morgan fingerprint density at radius 3 is 2.50 bits per heavy atom. The van der Waals surface area contributed by atoms with Crippen molar-refractivity contribution in [1.82, 2.24) is 0 Å².